The Morgan fingerprint density at radius 3 is 2.85 bits per heavy atom. The van der Waals surface area contributed by atoms with Gasteiger partial charge in [-0.25, -0.2) is 4.39 Å². The van der Waals surface area contributed by atoms with Gasteiger partial charge in [-0.15, -0.1) is 0 Å². The lowest BCUT2D eigenvalue weighted by Crippen LogP contribution is -2.36. The van der Waals surface area contributed by atoms with Crippen molar-refractivity contribution in [2.24, 2.45) is 10.7 Å². The second-order valence-corrected chi connectivity index (χ2v) is 7.26. The first-order valence-corrected chi connectivity index (χ1v) is 7.32. The molecule has 0 radical (unpaired) electrons. The highest BCUT2D eigenvalue weighted by molar-refractivity contribution is 7.99. The zero-order valence-electron chi connectivity index (χ0n) is 12.3. The molecule has 3 N–H and O–H groups in total. The van der Waals surface area contributed by atoms with Crippen LogP contribution in [0.4, 0.5) is 10.1 Å². The molecule has 0 aromatic heterocycles. The number of hydrogen-bond donors (Lipinski definition) is 2. The molecule has 6 heteroatoms. The predicted octanol–water partition coefficient (Wildman–Crippen LogP) is 2.64. The molecule has 1 aromatic rings. The molecule has 20 heavy (non-hydrogen) atoms. The van der Waals surface area contributed by atoms with E-state index in [0.29, 0.717) is 17.9 Å². The van der Waals surface area contributed by atoms with E-state index in [1.807, 2.05) is 27.9 Å². The minimum atomic E-state index is -0.289. The second kappa shape index (κ2) is 5.61. The monoisotopic (exact) mass is 296 g/mol. The molecule has 0 amide bonds. The van der Waals surface area contributed by atoms with E-state index in [1.165, 1.54) is 6.07 Å². The first-order valence-electron chi connectivity index (χ1n) is 6.54. The third-order valence-corrected chi connectivity index (χ3v) is 4.50. The van der Waals surface area contributed by atoms with Gasteiger partial charge in [0, 0.05) is 24.8 Å². The van der Waals surface area contributed by atoms with Crippen LogP contribution in [0.25, 0.3) is 0 Å². The molecule has 1 unspecified atom stereocenters. The van der Waals surface area contributed by atoms with Crippen LogP contribution in [-0.4, -0.2) is 35.5 Å². The fourth-order valence-corrected chi connectivity index (χ4v) is 3.34. The molecule has 0 aliphatic carbocycles. The number of nitrogens with two attached hydrogens (primary N) is 1. The maximum absolute atomic E-state index is 14.1. The molecule has 0 spiro atoms. The van der Waals surface area contributed by atoms with Crippen LogP contribution in [0.1, 0.15) is 25.5 Å². The lowest BCUT2D eigenvalue weighted by atomic mass is 10.0. The maximum atomic E-state index is 14.1. The number of aliphatic imine (C=N–C) groups is 1. The quantitative estimate of drug-likeness (QED) is 0.824. The largest absolute Gasteiger partial charge is 0.388 e. The Hall–Kier alpha value is -1.27. The first-order chi connectivity index (χ1) is 9.33. The van der Waals surface area contributed by atoms with Gasteiger partial charge in [-0.05, 0) is 39.1 Å². The number of likely N-dealkylation sites (N-methyl/N-ethyl adjacent to an activating group) is 1. The van der Waals surface area contributed by atoms with Crippen LogP contribution in [0.15, 0.2) is 23.2 Å². The van der Waals surface area contributed by atoms with Gasteiger partial charge in [-0.2, -0.15) is 0 Å². The average molecular weight is 296 g/mol. The fraction of sp³-hybridized carbons (Fsp3) is 0.500. The maximum Gasteiger partial charge on any atom is 0.128 e. The number of anilines is 1. The van der Waals surface area contributed by atoms with E-state index in [0.717, 1.165) is 5.69 Å². The van der Waals surface area contributed by atoms with Gasteiger partial charge >= 0.3 is 0 Å². The average Bonchev–Trinajstić information content (AvgIpc) is 2.46. The van der Waals surface area contributed by atoms with E-state index in [1.54, 1.807) is 24.1 Å². The van der Waals surface area contributed by atoms with Crippen molar-refractivity contribution in [3.05, 3.63) is 29.6 Å². The summed E-state index contributed by atoms with van der Waals surface area (Å²) in [6.45, 7) is 4.67. The Labute approximate surface area is 123 Å². The highest BCUT2D eigenvalue weighted by Crippen LogP contribution is 2.35. The highest BCUT2D eigenvalue weighted by atomic mass is 32.2. The minimum absolute atomic E-state index is 0.247. The SMILES string of the molecule is CNc1ccc(F)c(C2CN(C)SC(C)(C)C(N)=N2)c1. The zero-order chi connectivity index (χ0) is 14.9. The summed E-state index contributed by atoms with van der Waals surface area (Å²) in [7, 11) is 3.79. The van der Waals surface area contributed by atoms with Crippen LogP contribution >= 0.6 is 11.9 Å². The van der Waals surface area contributed by atoms with E-state index >= 15 is 0 Å². The molecule has 2 rings (SSSR count). The van der Waals surface area contributed by atoms with Gasteiger partial charge in [0.1, 0.15) is 11.7 Å². The van der Waals surface area contributed by atoms with E-state index in [2.05, 4.69) is 14.6 Å². The number of rotatable bonds is 2. The molecule has 1 aliphatic heterocycles. The van der Waals surface area contributed by atoms with Gasteiger partial charge in [0.2, 0.25) is 0 Å². The van der Waals surface area contributed by atoms with Crippen molar-refractivity contribution in [2.45, 2.75) is 24.6 Å². The number of hydrogen-bond acceptors (Lipinski definition) is 5. The Kier molecular flexibility index (Phi) is 4.25. The molecular weight excluding hydrogens is 275 g/mol. The normalized spacial score (nSPS) is 23.1. The van der Waals surface area contributed by atoms with Gasteiger partial charge in [0.15, 0.2) is 0 Å². The standard InChI is InChI=1S/C14H21FN4S/c1-14(2)13(16)18-12(8-19(4)20-14)10-7-9(17-3)5-6-11(10)15/h5-7,12,17H,8H2,1-4H3,(H2,16,18). The summed E-state index contributed by atoms with van der Waals surface area (Å²) in [5.74, 6) is 0.301. The molecule has 1 atom stereocenters. The van der Waals surface area contributed by atoms with E-state index in [4.69, 9.17) is 5.73 Å². The number of nitrogens with one attached hydrogen (secondary N) is 1. The van der Waals surface area contributed by atoms with Gasteiger partial charge < -0.3 is 11.1 Å². The van der Waals surface area contributed by atoms with Crippen molar-refractivity contribution in [3.8, 4) is 0 Å². The predicted molar refractivity (Wildman–Crippen MR) is 84.6 cm³/mol. The zero-order valence-corrected chi connectivity index (χ0v) is 13.1. The number of amidine groups is 1. The molecule has 1 aliphatic rings. The van der Waals surface area contributed by atoms with Crippen molar-refractivity contribution < 1.29 is 4.39 Å². The minimum Gasteiger partial charge on any atom is -0.388 e. The molecular formula is C14H21FN4S. The molecule has 4 nitrogen and oxygen atoms in total. The summed E-state index contributed by atoms with van der Waals surface area (Å²) in [4.78, 5) is 4.55. The van der Waals surface area contributed by atoms with E-state index < -0.39 is 0 Å². The third-order valence-electron chi connectivity index (χ3n) is 3.37. The summed E-state index contributed by atoms with van der Waals surface area (Å²) in [5, 5.41) is 3.02. The molecule has 0 saturated carbocycles. The van der Waals surface area contributed by atoms with Crippen molar-refractivity contribution >= 4 is 23.5 Å². The van der Waals surface area contributed by atoms with Crippen LogP contribution in [0.3, 0.4) is 0 Å². The summed E-state index contributed by atoms with van der Waals surface area (Å²) < 4.78 is 15.9. The van der Waals surface area contributed by atoms with E-state index in [-0.39, 0.29) is 16.6 Å². The Morgan fingerprint density at radius 2 is 2.20 bits per heavy atom. The van der Waals surface area contributed by atoms with Crippen LogP contribution in [-0.2, 0) is 0 Å². The summed E-state index contributed by atoms with van der Waals surface area (Å²) >= 11 is 1.63. The van der Waals surface area contributed by atoms with Crippen molar-refractivity contribution in [2.75, 3.05) is 26.0 Å². The second-order valence-electron chi connectivity index (χ2n) is 5.43. The van der Waals surface area contributed by atoms with Crippen LogP contribution in [0.5, 0.6) is 0 Å². The molecule has 1 aromatic carbocycles. The van der Waals surface area contributed by atoms with Crippen molar-refractivity contribution in [1.29, 1.82) is 0 Å². The van der Waals surface area contributed by atoms with Crippen molar-refractivity contribution in [1.82, 2.24) is 4.31 Å². The van der Waals surface area contributed by atoms with Crippen LogP contribution in [0.2, 0.25) is 0 Å². The van der Waals surface area contributed by atoms with E-state index in [9.17, 15) is 4.39 Å². The molecule has 0 fully saturated rings. The van der Waals surface area contributed by atoms with Gasteiger partial charge in [0.25, 0.3) is 0 Å². The third kappa shape index (κ3) is 3.07. The number of nitrogens with zero attached hydrogens (tertiary/aromatic N) is 2. The Bertz CT molecular complexity index is 530. The summed E-state index contributed by atoms with van der Waals surface area (Å²) in [6.07, 6.45) is 0. The number of halogens is 1. The molecule has 110 valence electrons. The Balaban J connectivity index is 2.43. The van der Waals surface area contributed by atoms with Crippen LogP contribution < -0.4 is 11.1 Å². The lowest BCUT2D eigenvalue weighted by Gasteiger charge is -2.25. The van der Waals surface area contributed by atoms with Gasteiger partial charge in [-0.3, -0.25) is 9.30 Å². The summed E-state index contributed by atoms with van der Waals surface area (Å²) in [5.41, 5.74) is 7.53. The topological polar surface area (TPSA) is 53.6 Å². The lowest BCUT2D eigenvalue weighted by molar-refractivity contribution is 0.489. The first kappa shape index (κ1) is 15.1. The highest BCUT2D eigenvalue weighted by Gasteiger charge is 2.32. The molecule has 0 bridgehead atoms. The number of benzene rings is 1. The molecule has 0 saturated heterocycles. The fourth-order valence-electron chi connectivity index (χ4n) is 2.20. The summed E-state index contributed by atoms with van der Waals surface area (Å²) in [6, 6.07) is 4.69. The van der Waals surface area contributed by atoms with Gasteiger partial charge in [-0.1, -0.05) is 11.9 Å². The van der Waals surface area contributed by atoms with Crippen molar-refractivity contribution in [3.63, 3.8) is 0 Å². The molecule has 1 heterocycles. The Morgan fingerprint density at radius 1 is 1.50 bits per heavy atom. The van der Waals surface area contributed by atoms with Crippen LogP contribution in [0, 0.1) is 5.82 Å². The van der Waals surface area contributed by atoms with Gasteiger partial charge in [0.05, 0.1) is 10.8 Å². The smallest absolute Gasteiger partial charge is 0.128 e.